The second-order valence-corrected chi connectivity index (χ2v) is 4.71. The fraction of sp³-hybridized carbons (Fsp3) is 0.400. The predicted molar refractivity (Wildman–Crippen MR) is 80.5 cm³/mol. The van der Waals surface area contributed by atoms with Gasteiger partial charge in [0.05, 0.1) is 31.6 Å². The largest absolute Gasteiger partial charge is 0.507 e. The van der Waals surface area contributed by atoms with E-state index in [0.29, 0.717) is 25.4 Å². The Balaban J connectivity index is 1.92. The maximum absolute atomic E-state index is 9.98. The Kier molecular flexibility index (Phi) is 5.45. The highest BCUT2D eigenvalue weighted by atomic mass is 16.5. The summed E-state index contributed by atoms with van der Waals surface area (Å²) in [6, 6.07) is 5.31. The molecular weight excluding hydrogens is 270 g/mol. The highest BCUT2D eigenvalue weighted by Crippen LogP contribution is 2.24. The van der Waals surface area contributed by atoms with E-state index >= 15 is 0 Å². The highest BCUT2D eigenvalue weighted by Gasteiger charge is 2.04. The Morgan fingerprint density at radius 1 is 1.38 bits per heavy atom. The van der Waals surface area contributed by atoms with Gasteiger partial charge in [0.1, 0.15) is 11.5 Å². The molecule has 0 fully saturated rings. The highest BCUT2D eigenvalue weighted by molar-refractivity contribution is 5.44. The number of ether oxygens (including phenoxy) is 1. The Bertz CT molecular complexity index is 569. The van der Waals surface area contributed by atoms with E-state index in [1.165, 1.54) is 0 Å². The smallest absolute Gasteiger partial charge is 0.124 e. The van der Waals surface area contributed by atoms with Crippen molar-refractivity contribution < 1.29 is 14.9 Å². The molecule has 0 spiro atoms. The van der Waals surface area contributed by atoms with Gasteiger partial charge in [-0.1, -0.05) is 6.92 Å². The van der Waals surface area contributed by atoms with E-state index in [0.717, 1.165) is 17.7 Å². The summed E-state index contributed by atoms with van der Waals surface area (Å²) >= 11 is 0. The number of phenols is 1. The molecule has 1 aromatic heterocycles. The molecule has 0 aliphatic heterocycles. The lowest BCUT2D eigenvalue weighted by Crippen LogP contribution is -2.02. The standard InChI is InChI=1S/C15H21N3O3/c1-2-7-21-14-4-3-12(15(20)8-14)9-16-13-10-17-18(11-13)5-6-19/h3-4,8,10-11,16,19-20H,2,5-7,9H2,1H3. The lowest BCUT2D eigenvalue weighted by molar-refractivity contribution is 0.269. The summed E-state index contributed by atoms with van der Waals surface area (Å²) in [5.41, 5.74) is 1.63. The fourth-order valence-electron chi connectivity index (χ4n) is 1.88. The van der Waals surface area contributed by atoms with Crippen LogP contribution in [0.1, 0.15) is 18.9 Å². The number of aromatic hydroxyl groups is 1. The molecule has 2 aromatic rings. The zero-order valence-corrected chi connectivity index (χ0v) is 12.1. The van der Waals surface area contributed by atoms with Crippen molar-refractivity contribution in [2.24, 2.45) is 0 Å². The molecule has 0 atom stereocenters. The fourth-order valence-corrected chi connectivity index (χ4v) is 1.88. The molecule has 1 aromatic carbocycles. The van der Waals surface area contributed by atoms with Gasteiger partial charge < -0.3 is 20.3 Å². The number of hydrogen-bond acceptors (Lipinski definition) is 5. The molecule has 0 radical (unpaired) electrons. The summed E-state index contributed by atoms with van der Waals surface area (Å²) in [5, 5.41) is 26.1. The first-order chi connectivity index (χ1) is 10.2. The number of nitrogens with one attached hydrogen (secondary N) is 1. The van der Waals surface area contributed by atoms with Crippen molar-refractivity contribution in [2.45, 2.75) is 26.4 Å². The molecule has 0 amide bonds. The number of nitrogens with zero attached hydrogens (tertiary/aromatic N) is 2. The van der Waals surface area contributed by atoms with E-state index in [4.69, 9.17) is 9.84 Å². The van der Waals surface area contributed by atoms with Crippen molar-refractivity contribution in [1.29, 1.82) is 0 Å². The third-order valence-electron chi connectivity index (χ3n) is 2.97. The maximum Gasteiger partial charge on any atom is 0.124 e. The lowest BCUT2D eigenvalue weighted by Gasteiger charge is -2.09. The van der Waals surface area contributed by atoms with Gasteiger partial charge in [-0.3, -0.25) is 4.68 Å². The zero-order valence-electron chi connectivity index (χ0n) is 12.1. The van der Waals surface area contributed by atoms with E-state index < -0.39 is 0 Å². The van der Waals surface area contributed by atoms with Gasteiger partial charge in [0, 0.05) is 24.4 Å². The molecule has 0 aliphatic carbocycles. The molecule has 2 rings (SSSR count). The van der Waals surface area contributed by atoms with Crippen LogP contribution in [0.15, 0.2) is 30.6 Å². The zero-order chi connectivity index (χ0) is 15.1. The molecule has 6 heteroatoms. The van der Waals surface area contributed by atoms with Gasteiger partial charge in [-0.2, -0.15) is 5.10 Å². The van der Waals surface area contributed by atoms with Crippen LogP contribution >= 0.6 is 0 Å². The molecular formula is C15H21N3O3. The van der Waals surface area contributed by atoms with Gasteiger partial charge in [-0.05, 0) is 18.6 Å². The minimum Gasteiger partial charge on any atom is -0.507 e. The van der Waals surface area contributed by atoms with Gasteiger partial charge in [0.2, 0.25) is 0 Å². The topological polar surface area (TPSA) is 79.5 Å². The van der Waals surface area contributed by atoms with Crippen LogP contribution in [-0.4, -0.2) is 33.2 Å². The molecule has 3 N–H and O–H groups in total. The van der Waals surface area contributed by atoms with E-state index in [2.05, 4.69) is 10.4 Å². The number of benzene rings is 1. The van der Waals surface area contributed by atoms with Crippen LogP contribution in [0.3, 0.4) is 0 Å². The first-order valence-electron chi connectivity index (χ1n) is 7.04. The monoisotopic (exact) mass is 291 g/mol. The summed E-state index contributed by atoms with van der Waals surface area (Å²) in [6.45, 7) is 3.69. The molecule has 0 saturated carbocycles. The molecule has 114 valence electrons. The summed E-state index contributed by atoms with van der Waals surface area (Å²) in [4.78, 5) is 0. The Morgan fingerprint density at radius 2 is 2.24 bits per heavy atom. The minimum absolute atomic E-state index is 0.0567. The van der Waals surface area contributed by atoms with Gasteiger partial charge in [0.15, 0.2) is 0 Å². The number of rotatable bonds is 8. The second-order valence-electron chi connectivity index (χ2n) is 4.71. The first-order valence-corrected chi connectivity index (χ1v) is 7.04. The van der Waals surface area contributed by atoms with E-state index in [1.807, 2.05) is 25.3 Å². The predicted octanol–water partition coefficient (Wildman–Crippen LogP) is 1.98. The number of anilines is 1. The Labute approximate surface area is 124 Å². The summed E-state index contributed by atoms with van der Waals surface area (Å²) < 4.78 is 7.12. The molecule has 21 heavy (non-hydrogen) atoms. The second kappa shape index (κ2) is 7.54. The normalized spacial score (nSPS) is 10.6. The number of hydrogen-bond donors (Lipinski definition) is 3. The van der Waals surface area contributed by atoms with Crippen LogP contribution in [0.25, 0.3) is 0 Å². The first kappa shape index (κ1) is 15.2. The average molecular weight is 291 g/mol. The summed E-state index contributed by atoms with van der Waals surface area (Å²) in [7, 11) is 0. The Hall–Kier alpha value is -2.21. The lowest BCUT2D eigenvalue weighted by atomic mass is 10.2. The maximum atomic E-state index is 9.98. The number of aliphatic hydroxyl groups is 1. The van der Waals surface area contributed by atoms with Crippen LogP contribution in [0.5, 0.6) is 11.5 Å². The number of aromatic nitrogens is 2. The third-order valence-corrected chi connectivity index (χ3v) is 2.97. The average Bonchev–Trinajstić information content (AvgIpc) is 2.92. The van der Waals surface area contributed by atoms with E-state index in [9.17, 15) is 5.11 Å². The van der Waals surface area contributed by atoms with Crippen molar-refractivity contribution in [3.05, 3.63) is 36.2 Å². The number of aliphatic hydroxyl groups excluding tert-OH is 1. The summed E-state index contributed by atoms with van der Waals surface area (Å²) in [5.74, 6) is 0.882. The third kappa shape index (κ3) is 4.39. The van der Waals surface area contributed by atoms with Crippen molar-refractivity contribution in [2.75, 3.05) is 18.5 Å². The van der Waals surface area contributed by atoms with Crippen molar-refractivity contribution in [3.63, 3.8) is 0 Å². The molecule has 0 aliphatic rings. The molecule has 0 bridgehead atoms. The molecule has 1 heterocycles. The van der Waals surface area contributed by atoms with Crippen molar-refractivity contribution in [1.82, 2.24) is 9.78 Å². The van der Waals surface area contributed by atoms with Gasteiger partial charge in [-0.15, -0.1) is 0 Å². The van der Waals surface area contributed by atoms with Crippen LogP contribution in [0, 0.1) is 0 Å². The summed E-state index contributed by atoms with van der Waals surface area (Å²) in [6.07, 6.45) is 4.43. The molecule has 0 unspecified atom stereocenters. The number of phenolic OH excluding ortho intramolecular Hbond substituents is 1. The van der Waals surface area contributed by atoms with Crippen molar-refractivity contribution >= 4 is 5.69 Å². The van der Waals surface area contributed by atoms with Crippen molar-refractivity contribution in [3.8, 4) is 11.5 Å². The van der Waals surface area contributed by atoms with E-state index in [-0.39, 0.29) is 12.4 Å². The Morgan fingerprint density at radius 3 is 2.95 bits per heavy atom. The quantitative estimate of drug-likeness (QED) is 0.693. The van der Waals surface area contributed by atoms with Crippen LogP contribution in [-0.2, 0) is 13.1 Å². The molecule has 0 saturated heterocycles. The van der Waals surface area contributed by atoms with Crippen LogP contribution in [0.4, 0.5) is 5.69 Å². The molecule has 6 nitrogen and oxygen atoms in total. The van der Waals surface area contributed by atoms with Gasteiger partial charge in [0.25, 0.3) is 0 Å². The van der Waals surface area contributed by atoms with Gasteiger partial charge >= 0.3 is 0 Å². The minimum atomic E-state index is 0.0567. The van der Waals surface area contributed by atoms with Gasteiger partial charge in [-0.25, -0.2) is 0 Å². The van der Waals surface area contributed by atoms with E-state index in [1.54, 1.807) is 16.9 Å². The SMILES string of the molecule is CCCOc1ccc(CNc2cnn(CCO)c2)c(O)c1. The van der Waals surface area contributed by atoms with Crippen LogP contribution < -0.4 is 10.1 Å². The van der Waals surface area contributed by atoms with Crippen LogP contribution in [0.2, 0.25) is 0 Å².